The number of likely N-dealkylation sites (N-methyl/N-ethyl adjacent to an activating group) is 1. The molecule has 1 aromatic rings. The van der Waals surface area contributed by atoms with E-state index in [0.29, 0.717) is 5.69 Å². The molecule has 5 heteroatoms. The number of nitrogens with zero attached hydrogens (tertiary/aromatic N) is 2. The fraction of sp³-hybridized carbons (Fsp3) is 0.778. The van der Waals surface area contributed by atoms with E-state index in [9.17, 15) is 4.79 Å². The lowest BCUT2D eigenvalue weighted by atomic mass is 9.80. The second kappa shape index (κ2) is 7.47. The molecule has 0 spiro atoms. The molecule has 1 amide bonds. The van der Waals surface area contributed by atoms with E-state index in [2.05, 4.69) is 56.9 Å². The Labute approximate surface area is 140 Å². The standard InChI is InChI=1S/C18H33N3O2/c1-9-12-21(11-3)18(7,8)17(5,6)19-16(22)15-13(4)14(10-2)23-20-15/h9-12H2,1-8H3,(H,19,22). The van der Waals surface area contributed by atoms with Crippen molar-refractivity contribution < 1.29 is 9.32 Å². The Hall–Kier alpha value is -1.36. The van der Waals surface area contributed by atoms with Crippen LogP contribution in [0.15, 0.2) is 4.52 Å². The van der Waals surface area contributed by atoms with Crippen LogP contribution in [-0.2, 0) is 6.42 Å². The average molecular weight is 323 g/mol. The van der Waals surface area contributed by atoms with Gasteiger partial charge < -0.3 is 9.84 Å². The first-order chi connectivity index (χ1) is 10.6. The summed E-state index contributed by atoms with van der Waals surface area (Å²) in [6.07, 6.45) is 1.82. The highest BCUT2D eigenvalue weighted by molar-refractivity contribution is 5.94. The summed E-state index contributed by atoms with van der Waals surface area (Å²) in [6.45, 7) is 18.7. The van der Waals surface area contributed by atoms with E-state index < -0.39 is 5.54 Å². The lowest BCUT2D eigenvalue weighted by molar-refractivity contribution is 0.0391. The predicted molar refractivity (Wildman–Crippen MR) is 93.8 cm³/mol. The fourth-order valence-electron chi connectivity index (χ4n) is 2.91. The van der Waals surface area contributed by atoms with Gasteiger partial charge in [0.2, 0.25) is 0 Å². The van der Waals surface area contributed by atoms with Crippen molar-refractivity contribution in [3.63, 3.8) is 0 Å². The largest absolute Gasteiger partial charge is 0.360 e. The van der Waals surface area contributed by atoms with E-state index in [1.165, 1.54) is 0 Å². The molecule has 0 aliphatic heterocycles. The number of rotatable bonds is 8. The Morgan fingerprint density at radius 2 is 1.83 bits per heavy atom. The fourth-order valence-corrected chi connectivity index (χ4v) is 2.91. The van der Waals surface area contributed by atoms with E-state index in [1.54, 1.807) is 0 Å². The first kappa shape index (κ1) is 19.7. The van der Waals surface area contributed by atoms with Crippen LogP contribution in [0.25, 0.3) is 0 Å². The average Bonchev–Trinajstić information content (AvgIpc) is 2.84. The maximum atomic E-state index is 12.7. The highest BCUT2D eigenvalue weighted by Crippen LogP contribution is 2.29. The van der Waals surface area contributed by atoms with Crippen LogP contribution in [0.5, 0.6) is 0 Å². The molecule has 0 atom stereocenters. The predicted octanol–water partition coefficient (Wildman–Crippen LogP) is 3.56. The number of carbonyl (C=O) groups excluding carboxylic acids is 1. The molecule has 0 radical (unpaired) electrons. The Morgan fingerprint density at radius 1 is 1.22 bits per heavy atom. The highest BCUT2D eigenvalue weighted by Gasteiger charge is 2.42. The normalized spacial score (nSPS) is 12.7. The second-order valence-electron chi connectivity index (χ2n) is 7.15. The highest BCUT2D eigenvalue weighted by atomic mass is 16.5. The molecular weight excluding hydrogens is 290 g/mol. The lowest BCUT2D eigenvalue weighted by Gasteiger charge is -2.49. The summed E-state index contributed by atoms with van der Waals surface area (Å²) in [5.74, 6) is 0.602. The summed E-state index contributed by atoms with van der Waals surface area (Å²) in [7, 11) is 0. The van der Waals surface area contributed by atoms with Gasteiger partial charge in [0.1, 0.15) is 5.76 Å². The Morgan fingerprint density at radius 3 is 2.26 bits per heavy atom. The van der Waals surface area contributed by atoms with E-state index in [0.717, 1.165) is 37.3 Å². The molecule has 1 N–H and O–H groups in total. The van der Waals surface area contributed by atoms with Crippen LogP contribution in [0.2, 0.25) is 0 Å². The molecule has 0 aliphatic carbocycles. The molecule has 0 saturated heterocycles. The molecule has 0 saturated carbocycles. The molecule has 132 valence electrons. The van der Waals surface area contributed by atoms with Gasteiger partial charge >= 0.3 is 0 Å². The van der Waals surface area contributed by atoms with Crippen molar-refractivity contribution in [3.8, 4) is 0 Å². The van der Waals surface area contributed by atoms with E-state index in [1.807, 2.05) is 13.8 Å². The molecule has 1 aromatic heterocycles. The first-order valence-electron chi connectivity index (χ1n) is 8.65. The Kier molecular flexibility index (Phi) is 6.40. The molecule has 5 nitrogen and oxygen atoms in total. The molecule has 0 bridgehead atoms. The van der Waals surface area contributed by atoms with Gasteiger partial charge in [-0.1, -0.05) is 25.9 Å². The number of carbonyl (C=O) groups is 1. The van der Waals surface area contributed by atoms with Crippen molar-refractivity contribution in [2.24, 2.45) is 0 Å². The number of aromatic nitrogens is 1. The molecule has 23 heavy (non-hydrogen) atoms. The van der Waals surface area contributed by atoms with Gasteiger partial charge in [-0.3, -0.25) is 9.69 Å². The summed E-state index contributed by atoms with van der Waals surface area (Å²) in [5, 5.41) is 7.11. The van der Waals surface area contributed by atoms with Gasteiger partial charge in [-0.15, -0.1) is 0 Å². The van der Waals surface area contributed by atoms with Gasteiger partial charge in [0.25, 0.3) is 5.91 Å². The third-order valence-electron chi connectivity index (χ3n) is 5.18. The molecule has 1 rings (SSSR count). The quantitative estimate of drug-likeness (QED) is 0.794. The monoisotopic (exact) mass is 323 g/mol. The minimum atomic E-state index is -0.410. The van der Waals surface area contributed by atoms with Crippen molar-refractivity contribution in [2.45, 2.75) is 79.3 Å². The second-order valence-corrected chi connectivity index (χ2v) is 7.15. The smallest absolute Gasteiger partial charge is 0.274 e. The van der Waals surface area contributed by atoms with Crippen LogP contribution in [0.4, 0.5) is 0 Å². The van der Waals surface area contributed by atoms with Crippen LogP contribution in [0.3, 0.4) is 0 Å². The molecule has 0 aromatic carbocycles. The summed E-state index contributed by atoms with van der Waals surface area (Å²) < 4.78 is 5.25. The zero-order valence-electron chi connectivity index (χ0n) is 16.0. The van der Waals surface area contributed by atoms with Gasteiger partial charge in [0, 0.05) is 17.5 Å². The summed E-state index contributed by atoms with van der Waals surface area (Å²) in [4.78, 5) is 15.1. The third-order valence-corrected chi connectivity index (χ3v) is 5.18. The van der Waals surface area contributed by atoms with Gasteiger partial charge in [0.05, 0.1) is 5.54 Å². The van der Waals surface area contributed by atoms with Crippen molar-refractivity contribution in [3.05, 3.63) is 17.0 Å². The van der Waals surface area contributed by atoms with Gasteiger partial charge in [0.15, 0.2) is 5.69 Å². The van der Waals surface area contributed by atoms with Crippen molar-refractivity contribution in [1.29, 1.82) is 0 Å². The van der Waals surface area contributed by atoms with Crippen molar-refractivity contribution in [2.75, 3.05) is 13.1 Å². The minimum absolute atomic E-state index is 0.170. The topological polar surface area (TPSA) is 58.4 Å². The maximum Gasteiger partial charge on any atom is 0.274 e. The van der Waals surface area contributed by atoms with Crippen LogP contribution in [0.1, 0.15) is 76.7 Å². The van der Waals surface area contributed by atoms with E-state index in [4.69, 9.17) is 4.52 Å². The third kappa shape index (κ3) is 3.94. The van der Waals surface area contributed by atoms with E-state index >= 15 is 0 Å². The summed E-state index contributed by atoms with van der Waals surface area (Å²) in [6, 6.07) is 0. The zero-order valence-corrected chi connectivity index (χ0v) is 16.0. The number of nitrogens with one attached hydrogen (secondary N) is 1. The van der Waals surface area contributed by atoms with Gasteiger partial charge in [-0.2, -0.15) is 0 Å². The first-order valence-corrected chi connectivity index (χ1v) is 8.65. The van der Waals surface area contributed by atoms with Gasteiger partial charge in [-0.05, 0) is 54.1 Å². The zero-order chi connectivity index (χ0) is 17.8. The summed E-state index contributed by atoms with van der Waals surface area (Å²) in [5.41, 5.74) is 0.634. The molecule has 0 unspecified atom stereocenters. The molecule has 1 heterocycles. The van der Waals surface area contributed by atoms with E-state index in [-0.39, 0.29) is 11.4 Å². The molecule has 0 fully saturated rings. The maximum absolute atomic E-state index is 12.7. The summed E-state index contributed by atoms with van der Waals surface area (Å²) >= 11 is 0. The molecular formula is C18H33N3O2. The van der Waals surface area contributed by atoms with Crippen molar-refractivity contribution >= 4 is 5.91 Å². The number of aryl methyl sites for hydroxylation is 1. The number of hydrogen-bond acceptors (Lipinski definition) is 4. The minimum Gasteiger partial charge on any atom is -0.360 e. The number of hydrogen-bond donors (Lipinski definition) is 1. The van der Waals surface area contributed by atoms with Gasteiger partial charge in [-0.25, -0.2) is 0 Å². The SMILES string of the molecule is CCCN(CC)C(C)(C)C(C)(C)NC(=O)c1noc(CC)c1C. The van der Waals surface area contributed by atoms with Crippen LogP contribution >= 0.6 is 0 Å². The lowest BCUT2D eigenvalue weighted by Crippen LogP contribution is -2.65. The number of amides is 1. The Bertz CT molecular complexity index is 532. The Balaban J connectivity index is 2.99. The molecule has 0 aliphatic rings. The van der Waals surface area contributed by atoms with Crippen molar-refractivity contribution in [1.82, 2.24) is 15.4 Å². The van der Waals surface area contributed by atoms with Crippen LogP contribution in [-0.4, -0.2) is 40.1 Å². The van der Waals surface area contributed by atoms with Crippen LogP contribution in [0, 0.1) is 6.92 Å². The van der Waals surface area contributed by atoms with Crippen LogP contribution < -0.4 is 5.32 Å².